The molecule has 0 bridgehead atoms. The number of aromatic hydroxyl groups is 1. The first-order valence-corrected chi connectivity index (χ1v) is 13.5. The van der Waals surface area contributed by atoms with E-state index in [2.05, 4.69) is 13.8 Å². The Morgan fingerprint density at radius 2 is 1.00 bits per heavy atom. The van der Waals surface area contributed by atoms with E-state index in [1.807, 2.05) is 0 Å². The van der Waals surface area contributed by atoms with Crippen molar-refractivity contribution < 1.29 is 44.7 Å². The fourth-order valence-corrected chi connectivity index (χ4v) is 4.57. The van der Waals surface area contributed by atoms with Gasteiger partial charge >= 0.3 is 23.9 Å². The molecule has 220 valence electrons. The molecule has 0 atom stereocenters. The van der Waals surface area contributed by atoms with E-state index in [0.29, 0.717) is 17.5 Å². The lowest BCUT2D eigenvalue weighted by Gasteiger charge is -2.23. The molecular weight excluding hydrogens is 508 g/mol. The van der Waals surface area contributed by atoms with Gasteiger partial charge in [-0.05, 0) is 24.3 Å². The summed E-state index contributed by atoms with van der Waals surface area (Å²) < 4.78 is 0. The highest BCUT2D eigenvalue weighted by Gasteiger charge is 2.21. The van der Waals surface area contributed by atoms with Gasteiger partial charge in [-0.2, -0.15) is 0 Å². The molecule has 11 nitrogen and oxygen atoms in total. The van der Waals surface area contributed by atoms with Crippen molar-refractivity contribution in [3.05, 3.63) is 28.8 Å². The van der Waals surface area contributed by atoms with Crippen LogP contribution in [-0.4, -0.2) is 85.4 Å². The molecule has 0 amide bonds. The number of hydrogen-bond acceptors (Lipinski definition) is 7. The molecule has 0 spiro atoms. The second-order valence-electron chi connectivity index (χ2n) is 10.5. The number of carbonyl (C=O) groups is 4. The first-order chi connectivity index (χ1) is 18.4. The Kier molecular flexibility index (Phi) is 15.8. The Morgan fingerprint density at radius 1 is 0.641 bits per heavy atom. The van der Waals surface area contributed by atoms with Crippen molar-refractivity contribution in [2.45, 2.75) is 84.7 Å². The van der Waals surface area contributed by atoms with Crippen LogP contribution in [0.25, 0.3) is 0 Å². The maximum atomic E-state index is 11.3. The number of aryl methyl sites for hydroxylation is 1. The summed E-state index contributed by atoms with van der Waals surface area (Å²) >= 11 is 0. The Morgan fingerprint density at radius 3 is 1.36 bits per heavy atom. The highest BCUT2D eigenvalue weighted by Crippen LogP contribution is 2.28. The molecule has 0 fully saturated rings. The van der Waals surface area contributed by atoms with Crippen molar-refractivity contribution >= 4 is 23.9 Å². The van der Waals surface area contributed by atoms with Crippen LogP contribution in [0.3, 0.4) is 0 Å². The van der Waals surface area contributed by atoms with Crippen LogP contribution in [0.1, 0.15) is 81.9 Å². The third kappa shape index (κ3) is 15.7. The zero-order chi connectivity index (χ0) is 29.4. The van der Waals surface area contributed by atoms with E-state index < -0.39 is 50.1 Å². The number of benzene rings is 1. The summed E-state index contributed by atoms with van der Waals surface area (Å²) in [5.74, 6) is -4.38. The number of phenolic OH excluding ortho intramolecular Hbond substituents is 1. The van der Waals surface area contributed by atoms with Gasteiger partial charge in [-0.3, -0.25) is 29.0 Å². The minimum Gasteiger partial charge on any atom is -0.507 e. The maximum absolute atomic E-state index is 11.3. The molecule has 0 radical (unpaired) electrons. The lowest BCUT2D eigenvalue weighted by molar-refractivity contribution is -0.144. The van der Waals surface area contributed by atoms with E-state index in [1.165, 1.54) is 35.5 Å². The van der Waals surface area contributed by atoms with Crippen LogP contribution in [0.5, 0.6) is 5.75 Å². The Balaban J connectivity index is 3.02. The monoisotopic (exact) mass is 552 g/mol. The largest absolute Gasteiger partial charge is 0.507 e. The molecule has 1 aromatic carbocycles. The number of carboxylic acids is 4. The second kappa shape index (κ2) is 18.2. The van der Waals surface area contributed by atoms with Gasteiger partial charge in [0.2, 0.25) is 0 Å². The molecule has 1 aromatic rings. The van der Waals surface area contributed by atoms with Gasteiger partial charge in [0, 0.05) is 24.2 Å². The maximum Gasteiger partial charge on any atom is 0.317 e. The summed E-state index contributed by atoms with van der Waals surface area (Å²) in [5, 5.41) is 47.7. The van der Waals surface area contributed by atoms with Crippen LogP contribution < -0.4 is 0 Å². The lowest BCUT2D eigenvalue weighted by Crippen LogP contribution is -2.35. The average Bonchev–Trinajstić information content (AvgIpc) is 2.78. The van der Waals surface area contributed by atoms with Gasteiger partial charge in [0.1, 0.15) is 5.75 Å². The number of phenols is 1. The standard InChI is InChI=1S/C28H44N2O9/c1-20(2)10-8-6-4-3-5-7-9-11-21-12-22(14-29(16-24(31)32)17-25(33)34)28(39)23(13-21)15-30(18-26(35)36)19-27(37)38/h12-13,20,39H,3-11,14-19H2,1-2H3,(H,31,32)(H,33,34)(H,35,36)(H,37,38). The van der Waals surface area contributed by atoms with E-state index in [-0.39, 0.29) is 18.8 Å². The zero-order valence-corrected chi connectivity index (χ0v) is 23.1. The fourth-order valence-electron chi connectivity index (χ4n) is 4.57. The van der Waals surface area contributed by atoms with Gasteiger partial charge in [0.25, 0.3) is 0 Å². The quantitative estimate of drug-likeness (QED) is 0.133. The number of unbranched alkanes of at least 4 members (excludes halogenated alkanes) is 6. The molecule has 0 unspecified atom stereocenters. The zero-order valence-electron chi connectivity index (χ0n) is 23.1. The highest BCUT2D eigenvalue weighted by atomic mass is 16.4. The Hall–Kier alpha value is -3.18. The van der Waals surface area contributed by atoms with Gasteiger partial charge in [-0.15, -0.1) is 0 Å². The molecule has 0 aromatic heterocycles. The molecule has 0 heterocycles. The highest BCUT2D eigenvalue weighted by molar-refractivity contribution is 5.73. The number of nitrogens with zero attached hydrogens (tertiary/aromatic N) is 2. The summed E-state index contributed by atoms with van der Waals surface area (Å²) in [6, 6.07) is 3.42. The minimum atomic E-state index is -1.22. The van der Waals surface area contributed by atoms with E-state index in [1.54, 1.807) is 12.1 Å². The molecule has 0 aliphatic rings. The fraction of sp³-hybridized carbons (Fsp3) is 0.643. The number of hydrogen-bond donors (Lipinski definition) is 5. The molecule has 11 heteroatoms. The summed E-state index contributed by atoms with van der Waals surface area (Å²) in [6.07, 6.45) is 9.71. The second-order valence-corrected chi connectivity index (χ2v) is 10.5. The van der Waals surface area contributed by atoms with Gasteiger partial charge in [-0.1, -0.05) is 70.9 Å². The van der Waals surface area contributed by atoms with Gasteiger partial charge in [0.15, 0.2) is 0 Å². The summed E-state index contributed by atoms with van der Waals surface area (Å²) in [6.45, 7) is 1.95. The molecule has 1 rings (SSSR count). The Labute approximate surface area is 230 Å². The molecule has 0 saturated carbocycles. The molecule has 0 aliphatic carbocycles. The van der Waals surface area contributed by atoms with Crippen LogP contribution in [0.2, 0.25) is 0 Å². The molecular formula is C28H44N2O9. The molecule has 0 saturated heterocycles. The van der Waals surface area contributed by atoms with Crippen LogP contribution in [0.15, 0.2) is 12.1 Å². The lowest BCUT2D eigenvalue weighted by atomic mass is 9.98. The van der Waals surface area contributed by atoms with Crippen molar-refractivity contribution in [1.29, 1.82) is 0 Å². The predicted molar refractivity (Wildman–Crippen MR) is 145 cm³/mol. The number of carboxylic acid groups (broad SMARTS) is 4. The smallest absolute Gasteiger partial charge is 0.317 e. The predicted octanol–water partition coefficient (Wildman–Crippen LogP) is 3.65. The van der Waals surface area contributed by atoms with Crippen LogP contribution in [0, 0.1) is 5.92 Å². The third-order valence-corrected chi connectivity index (χ3v) is 6.30. The van der Waals surface area contributed by atoms with Gasteiger partial charge in [-0.25, -0.2) is 0 Å². The molecule has 0 aliphatic heterocycles. The number of rotatable bonds is 22. The average molecular weight is 553 g/mol. The van der Waals surface area contributed by atoms with Crippen LogP contribution >= 0.6 is 0 Å². The molecule has 5 N–H and O–H groups in total. The van der Waals surface area contributed by atoms with Gasteiger partial charge in [0.05, 0.1) is 26.2 Å². The van der Waals surface area contributed by atoms with Crippen molar-refractivity contribution in [2.24, 2.45) is 5.92 Å². The molecule has 39 heavy (non-hydrogen) atoms. The normalized spacial score (nSPS) is 11.4. The van der Waals surface area contributed by atoms with Crippen molar-refractivity contribution in [3.63, 3.8) is 0 Å². The Bertz CT molecular complexity index is 858. The summed E-state index contributed by atoms with van der Waals surface area (Å²) in [4.78, 5) is 47.3. The van der Waals surface area contributed by atoms with Crippen molar-refractivity contribution in [3.8, 4) is 5.75 Å². The minimum absolute atomic E-state index is 0.153. The van der Waals surface area contributed by atoms with Crippen molar-refractivity contribution in [1.82, 2.24) is 9.80 Å². The summed E-state index contributed by atoms with van der Waals surface area (Å²) in [7, 11) is 0. The summed E-state index contributed by atoms with van der Waals surface area (Å²) in [5.41, 5.74) is 1.44. The topological polar surface area (TPSA) is 176 Å². The van der Waals surface area contributed by atoms with E-state index in [4.69, 9.17) is 0 Å². The SMILES string of the molecule is CC(C)CCCCCCCCCc1cc(CN(CC(=O)O)CC(=O)O)c(O)c(CN(CC(=O)O)CC(=O)O)c1. The van der Waals surface area contributed by atoms with E-state index in [9.17, 15) is 44.7 Å². The first kappa shape index (κ1) is 33.8. The van der Waals surface area contributed by atoms with Gasteiger partial charge < -0.3 is 25.5 Å². The van der Waals surface area contributed by atoms with Crippen LogP contribution in [-0.2, 0) is 38.7 Å². The third-order valence-electron chi connectivity index (χ3n) is 6.30. The first-order valence-electron chi connectivity index (χ1n) is 13.5. The van der Waals surface area contributed by atoms with Crippen molar-refractivity contribution in [2.75, 3.05) is 26.2 Å². The number of aliphatic carboxylic acids is 4. The van der Waals surface area contributed by atoms with E-state index in [0.717, 1.165) is 37.2 Å². The van der Waals surface area contributed by atoms with E-state index >= 15 is 0 Å². The van der Waals surface area contributed by atoms with Crippen LogP contribution in [0.4, 0.5) is 0 Å².